The van der Waals surface area contributed by atoms with Crippen LogP contribution in [0.4, 0.5) is 0 Å². The van der Waals surface area contributed by atoms with Gasteiger partial charge in [0.15, 0.2) is 0 Å². The maximum Gasteiger partial charge on any atom is 0.306 e. The Balaban J connectivity index is 1.63. The minimum atomic E-state index is -0.183. The zero-order chi connectivity index (χ0) is 14.7. The standard InChI is InChI=1S/C17H20O4/c1-2-8-19-17-13-9-16(18)21-15(17)10-14(13)20-11-12-6-4-3-5-7-12/h2-7,13-15,17H,1,8-11H2/t13?,14?,15-,17?/m1/s1. The number of hydrogen-bond acceptors (Lipinski definition) is 4. The average Bonchev–Trinajstić information content (AvgIpc) is 2.70. The van der Waals surface area contributed by atoms with Crippen LogP contribution in [-0.2, 0) is 25.6 Å². The Morgan fingerprint density at radius 3 is 2.86 bits per heavy atom. The van der Waals surface area contributed by atoms with Crippen LogP contribution in [-0.4, -0.2) is 30.9 Å². The summed E-state index contributed by atoms with van der Waals surface area (Å²) in [5.74, 6) is -0.0609. The largest absolute Gasteiger partial charge is 0.459 e. The van der Waals surface area contributed by atoms with Gasteiger partial charge in [0.2, 0.25) is 0 Å². The molecular weight excluding hydrogens is 268 g/mol. The summed E-state index contributed by atoms with van der Waals surface area (Å²) in [6, 6.07) is 10.0. The predicted molar refractivity (Wildman–Crippen MR) is 77.6 cm³/mol. The fourth-order valence-corrected chi connectivity index (χ4v) is 3.18. The number of esters is 1. The average molecular weight is 288 g/mol. The van der Waals surface area contributed by atoms with Crippen molar-refractivity contribution in [2.45, 2.75) is 37.8 Å². The maximum atomic E-state index is 11.6. The summed E-state index contributed by atoms with van der Waals surface area (Å²) in [5.41, 5.74) is 1.13. The molecule has 1 saturated heterocycles. The smallest absolute Gasteiger partial charge is 0.306 e. The Bertz CT molecular complexity index is 499. The molecule has 0 spiro atoms. The van der Waals surface area contributed by atoms with Crippen LogP contribution in [0, 0.1) is 5.92 Å². The van der Waals surface area contributed by atoms with E-state index in [1.807, 2.05) is 30.3 Å². The van der Waals surface area contributed by atoms with Gasteiger partial charge in [-0.05, 0) is 5.56 Å². The van der Waals surface area contributed by atoms with E-state index in [-0.39, 0.29) is 30.2 Å². The fraction of sp³-hybridized carbons (Fsp3) is 0.471. The maximum absolute atomic E-state index is 11.6. The van der Waals surface area contributed by atoms with Crippen LogP contribution in [0.15, 0.2) is 43.0 Å². The number of carbonyl (C=O) groups excluding carboxylic acids is 1. The quantitative estimate of drug-likeness (QED) is 0.596. The summed E-state index contributed by atoms with van der Waals surface area (Å²) in [7, 11) is 0. The molecule has 2 bridgehead atoms. The van der Waals surface area contributed by atoms with Gasteiger partial charge >= 0.3 is 5.97 Å². The lowest BCUT2D eigenvalue weighted by Crippen LogP contribution is -2.40. The molecule has 0 amide bonds. The summed E-state index contributed by atoms with van der Waals surface area (Å²) in [6.45, 7) is 4.69. The van der Waals surface area contributed by atoms with Crippen LogP contribution >= 0.6 is 0 Å². The third-order valence-electron chi connectivity index (χ3n) is 4.13. The molecule has 1 saturated carbocycles. The Morgan fingerprint density at radius 1 is 1.29 bits per heavy atom. The first-order chi connectivity index (χ1) is 10.3. The van der Waals surface area contributed by atoms with Gasteiger partial charge in [-0.3, -0.25) is 4.79 Å². The first kappa shape index (κ1) is 14.3. The predicted octanol–water partition coefficient (Wildman–Crippen LogP) is 2.48. The third-order valence-corrected chi connectivity index (χ3v) is 4.13. The molecule has 0 aromatic heterocycles. The van der Waals surface area contributed by atoms with E-state index in [1.165, 1.54) is 0 Å². The zero-order valence-corrected chi connectivity index (χ0v) is 11.9. The monoisotopic (exact) mass is 288 g/mol. The van der Waals surface area contributed by atoms with E-state index in [4.69, 9.17) is 14.2 Å². The lowest BCUT2D eigenvalue weighted by molar-refractivity contribution is -0.168. The molecule has 4 atom stereocenters. The second-order valence-corrected chi connectivity index (χ2v) is 5.55. The Kier molecular flexibility index (Phi) is 4.36. The number of benzene rings is 1. The second-order valence-electron chi connectivity index (χ2n) is 5.55. The molecule has 1 aliphatic carbocycles. The molecule has 1 aromatic rings. The molecule has 112 valence electrons. The van der Waals surface area contributed by atoms with Crippen LogP contribution in [0.5, 0.6) is 0 Å². The zero-order valence-electron chi connectivity index (χ0n) is 11.9. The lowest BCUT2D eigenvalue weighted by Gasteiger charge is -2.30. The van der Waals surface area contributed by atoms with E-state index in [0.717, 1.165) is 5.56 Å². The van der Waals surface area contributed by atoms with Crippen molar-refractivity contribution in [3.05, 3.63) is 48.6 Å². The van der Waals surface area contributed by atoms with Crippen LogP contribution in [0.3, 0.4) is 0 Å². The second kappa shape index (κ2) is 6.41. The Morgan fingerprint density at radius 2 is 2.10 bits per heavy atom. The number of rotatable bonds is 6. The van der Waals surface area contributed by atoms with Crippen molar-refractivity contribution < 1.29 is 19.0 Å². The third kappa shape index (κ3) is 3.17. The first-order valence-corrected chi connectivity index (χ1v) is 7.35. The number of hydrogen-bond donors (Lipinski definition) is 0. The van der Waals surface area contributed by atoms with Gasteiger partial charge in [-0.1, -0.05) is 36.4 Å². The molecule has 4 nitrogen and oxygen atoms in total. The number of ether oxygens (including phenoxy) is 3. The van der Waals surface area contributed by atoms with E-state index < -0.39 is 0 Å². The first-order valence-electron chi connectivity index (χ1n) is 7.35. The summed E-state index contributed by atoms with van der Waals surface area (Å²) in [6.07, 6.45) is 2.56. The molecule has 1 aromatic carbocycles. The van der Waals surface area contributed by atoms with Crippen molar-refractivity contribution in [2.75, 3.05) is 6.61 Å². The summed E-state index contributed by atoms with van der Waals surface area (Å²) >= 11 is 0. The van der Waals surface area contributed by atoms with Crippen LogP contribution in [0.1, 0.15) is 18.4 Å². The van der Waals surface area contributed by atoms with Crippen molar-refractivity contribution >= 4 is 5.97 Å². The fourth-order valence-electron chi connectivity index (χ4n) is 3.18. The molecule has 3 rings (SSSR count). The van der Waals surface area contributed by atoms with Gasteiger partial charge in [0, 0.05) is 12.3 Å². The molecule has 1 aliphatic heterocycles. The van der Waals surface area contributed by atoms with E-state index in [0.29, 0.717) is 26.1 Å². The van der Waals surface area contributed by atoms with Gasteiger partial charge in [0.1, 0.15) is 12.2 Å². The molecule has 2 aliphatic rings. The molecule has 3 unspecified atom stereocenters. The molecule has 1 heterocycles. The SMILES string of the molecule is C=CCOC1C2CC(=O)O[C@@H]1CC2OCc1ccccc1. The highest BCUT2D eigenvalue weighted by molar-refractivity contribution is 5.71. The Hall–Kier alpha value is -1.65. The summed E-state index contributed by atoms with van der Waals surface area (Å²) in [4.78, 5) is 11.6. The van der Waals surface area contributed by atoms with Gasteiger partial charge in [0.05, 0.1) is 25.7 Å². The van der Waals surface area contributed by atoms with Gasteiger partial charge in [-0.2, -0.15) is 0 Å². The van der Waals surface area contributed by atoms with Gasteiger partial charge < -0.3 is 14.2 Å². The van der Waals surface area contributed by atoms with E-state index >= 15 is 0 Å². The number of carbonyl (C=O) groups is 1. The molecule has 0 radical (unpaired) electrons. The van der Waals surface area contributed by atoms with Crippen LogP contribution in [0.25, 0.3) is 0 Å². The van der Waals surface area contributed by atoms with E-state index in [9.17, 15) is 4.79 Å². The Labute approximate surface area is 124 Å². The lowest BCUT2D eigenvalue weighted by atomic mass is 9.97. The highest BCUT2D eigenvalue weighted by atomic mass is 16.6. The molecular formula is C17H20O4. The van der Waals surface area contributed by atoms with E-state index in [1.54, 1.807) is 6.08 Å². The number of fused-ring (bicyclic) bond motifs is 2. The van der Waals surface area contributed by atoms with Crippen molar-refractivity contribution in [1.29, 1.82) is 0 Å². The topological polar surface area (TPSA) is 44.8 Å². The van der Waals surface area contributed by atoms with Gasteiger partial charge in [0.25, 0.3) is 0 Å². The highest BCUT2D eigenvalue weighted by Crippen LogP contribution is 2.40. The van der Waals surface area contributed by atoms with Crippen molar-refractivity contribution in [2.24, 2.45) is 5.92 Å². The van der Waals surface area contributed by atoms with E-state index in [2.05, 4.69) is 6.58 Å². The molecule has 4 heteroatoms. The van der Waals surface area contributed by atoms with Crippen molar-refractivity contribution in [3.63, 3.8) is 0 Å². The van der Waals surface area contributed by atoms with Crippen LogP contribution in [0.2, 0.25) is 0 Å². The van der Waals surface area contributed by atoms with Crippen molar-refractivity contribution in [3.8, 4) is 0 Å². The highest BCUT2D eigenvalue weighted by Gasteiger charge is 2.51. The minimum absolute atomic E-state index is 0.0106. The molecule has 0 N–H and O–H groups in total. The van der Waals surface area contributed by atoms with Crippen molar-refractivity contribution in [1.82, 2.24) is 0 Å². The molecule has 21 heavy (non-hydrogen) atoms. The van der Waals surface area contributed by atoms with Gasteiger partial charge in [-0.25, -0.2) is 0 Å². The van der Waals surface area contributed by atoms with Gasteiger partial charge in [-0.15, -0.1) is 6.58 Å². The molecule has 2 fully saturated rings. The normalized spacial score (nSPS) is 31.0. The summed E-state index contributed by atoms with van der Waals surface area (Å²) < 4.78 is 17.2. The summed E-state index contributed by atoms with van der Waals surface area (Å²) in [5, 5.41) is 0. The van der Waals surface area contributed by atoms with Crippen LogP contribution < -0.4 is 0 Å². The minimum Gasteiger partial charge on any atom is -0.459 e.